The highest BCUT2D eigenvalue weighted by atomic mass is 16.5. The van der Waals surface area contributed by atoms with Gasteiger partial charge in [-0.05, 0) is 88.1 Å². The normalized spacial score (nSPS) is 13.7. The number of hydrogen-bond acceptors (Lipinski definition) is 5. The van der Waals surface area contributed by atoms with Gasteiger partial charge >= 0.3 is 0 Å². The Labute approximate surface area is 237 Å². The summed E-state index contributed by atoms with van der Waals surface area (Å²) in [6.45, 7) is 12.4. The second kappa shape index (κ2) is 11.0. The van der Waals surface area contributed by atoms with E-state index in [1.54, 1.807) is 0 Å². The van der Waals surface area contributed by atoms with E-state index in [2.05, 4.69) is 36.4 Å². The molecule has 208 valence electrons. The molecule has 5 heteroatoms. The Kier molecular flexibility index (Phi) is 7.63. The molecule has 0 radical (unpaired) electrons. The number of hydrogen-bond donors (Lipinski definition) is 2. The minimum atomic E-state index is -0.804. The SMILES string of the molecule is Cc1cc(C2(c3cc(C)c(O)c(COC(C)C)c3)c3ccccc3Oc3ccccc32)cc(COC(C)C)c1O. The number of fused-ring (bicyclic) bond motifs is 2. The van der Waals surface area contributed by atoms with Gasteiger partial charge in [-0.25, -0.2) is 0 Å². The summed E-state index contributed by atoms with van der Waals surface area (Å²) < 4.78 is 18.4. The highest BCUT2D eigenvalue weighted by molar-refractivity contribution is 5.71. The van der Waals surface area contributed by atoms with Gasteiger partial charge in [0.05, 0.1) is 30.8 Å². The molecule has 0 fully saturated rings. The molecule has 0 saturated carbocycles. The molecule has 5 nitrogen and oxygen atoms in total. The third-order valence-electron chi connectivity index (χ3n) is 7.57. The van der Waals surface area contributed by atoms with Crippen molar-refractivity contribution < 1.29 is 24.4 Å². The predicted octanol–water partition coefficient (Wildman–Crippen LogP) is 8.05. The van der Waals surface area contributed by atoms with Crippen LogP contribution in [0.5, 0.6) is 23.0 Å². The molecule has 40 heavy (non-hydrogen) atoms. The molecular formula is C35H38O5. The average Bonchev–Trinajstić information content (AvgIpc) is 2.93. The Hall–Kier alpha value is -3.80. The van der Waals surface area contributed by atoms with Crippen LogP contribution in [0.25, 0.3) is 0 Å². The first-order valence-corrected chi connectivity index (χ1v) is 13.9. The van der Waals surface area contributed by atoms with Crippen molar-refractivity contribution in [1.82, 2.24) is 0 Å². The second-order valence-corrected chi connectivity index (χ2v) is 11.2. The van der Waals surface area contributed by atoms with E-state index in [1.807, 2.05) is 77.9 Å². The van der Waals surface area contributed by atoms with Gasteiger partial charge in [0.25, 0.3) is 0 Å². The zero-order valence-corrected chi connectivity index (χ0v) is 24.1. The summed E-state index contributed by atoms with van der Waals surface area (Å²) in [6.07, 6.45) is 0.0373. The standard InChI is InChI=1S/C35H38O5/c1-21(2)38-19-25-17-27(15-23(5)33(25)36)35(28-16-24(6)34(37)26(18-28)20-39-22(3)4)29-11-7-9-13-31(29)40-32-14-10-8-12-30(32)35/h7-18,21-22,36-37H,19-20H2,1-6H3. The summed E-state index contributed by atoms with van der Waals surface area (Å²) in [5, 5.41) is 22.1. The molecule has 5 rings (SSSR count). The third-order valence-corrected chi connectivity index (χ3v) is 7.57. The van der Waals surface area contributed by atoms with Gasteiger partial charge in [-0.2, -0.15) is 0 Å². The lowest BCUT2D eigenvalue weighted by molar-refractivity contribution is 0.0643. The average molecular weight is 539 g/mol. The molecule has 1 aliphatic rings. The minimum Gasteiger partial charge on any atom is -0.507 e. The first kappa shape index (κ1) is 27.8. The van der Waals surface area contributed by atoms with Gasteiger partial charge in [-0.3, -0.25) is 0 Å². The quantitative estimate of drug-likeness (QED) is 0.209. The van der Waals surface area contributed by atoms with E-state index in [-0.39, 0.29) is 36.9 Å². The number of phenolic OH excluding ortho intramolecular Hbond substituents is 2. The van der Waals surface area contributed by atoms with Gasteiger partial charge < -0.3 is 24.4 Å². The molecule has 0 saturated heterocycles. The summed E-state index contributed by atoms with van der Waals surface area (Å²) in [5.41, 5.74) is 6.10. The molecule has 1 heterocycles. The minimum absolute atomic E-state index is 0.0186. The van der Waals surface area contributed by atoms with Crippen LogP contribution >= 0.6 is 0 Å². The zero-order valence-electron chi connectivity index (χ0n) is 24.1. The van der Waals surface area contributed by atoms with Crippen molar-refractivity contribution in [2.45, 2.75) is 72.4 Å². The van der Waals surface area contributed by atoms with Crippen LogP contribution < -0.4 is 4.74 Å². The Morgan fingerprint density at radius 3 is 1.45 bits per heavy atom. The van der Waals surface area contributed by atoms with Crippen LogP contribution in [0.1, 0.15) is 72.2 Å². The van der Waals surface area contributed by atoms with Gasteiger partial charge in [0, 0.05) is 22.3 Å². The number of aryl methyl sites for hydroxylation is 2. The Balaban J connectivity index is 1.88. The smallest absolute Gasteiger partial charge is 0.132 e. The van der Waals surface area contributed by atoms with E-state index >= 15 is 0 Å². The summed E-state index contributed by atoms with van der Waals surface area (Å²) >= 11 is 0. The lowest BCUT2D eigenvalue weighted by atomic mass is 9.63. The summed E-state index contributed by atoms with van der Waals surface area (Å²) in [7, 11) is 0. The summed E-state index contributed by atoms with van der Waals surface area (Å²) in [6, 6.07) is 24.4. The maximum atomic E-state index is 11.1. The lowest BCUT2D eigenvalue weighted by Gasteiger charge is -2.42. The van der Waals surface area contributed by atoms with Gasteiger partial charge in [-0.15, -0.1) is 0 Å². The third kappa shape index (κ3) is 4.85. The molecule has 1 aliphatic heterocycles. The van der Waals surface area contributed by atoms with Crippen molar-refractivity contribution in [2.75, 3.05) is 0 Å². The van der Waals surface area contributed by atoms with Crippen LogP contribution in [0.3, 0.4) is 0 Å². The molecule has 0 unspecified atom stereocenters. The summed E-state index contributed by atoms with van der Waals surface area (Å²) in [4.78, 5) is 0. The predicted molar refractivity (Wildman–Crippen MR) is 157 cm³/mol. The van der Waals surface area contributed by atoms with Crippen molar-refractivity contribution in [2.24, 2.45) is 0 Å². The Bertz CT molecular complexity index is 1420. The molecule has 0 bridgehead atoms. The second-order valence-electron chi connectivity index (χ2n) is 11.2. The van der Waals surface area contributed by atoms with Crippen LogP contribution in [0.15, 0.2) is 72.8 Å². The lowest BCUT2D eigenvalue weighted by Crippen LogP contribution is -2.34. The summed E-state index contributed by atoms with van der Waals surface area (Å²) in [5.74, 6) is 2.00. The number of aromatic hydroxyl groups is 2. The molecule has 4 aromatic rings. The molecule has 0 aromatic heterocycles. The maximum absolute atomic E-state index is 11.1. The van der Waals surface area contributed by atoms with Gasteiger partial charge in [0.1, 0.15) is 23.0 Å². The number of para-hydroxylation sites is 2. The first-order chi connectivity index (χ1) is 19.1. The molecule has 0 amide bonds. The zero-order chi connectivity index (χ0) is 28.6. The fraction of sp³-hybridized carbons (Fsp3) is 0.314. The molecule has 0 spiro atoms. The van der Waals surface area contributed by atoms with E-state index in [0.29, 0.717) is 0 Å². The molecule has 0 atom stereocenters. The maximum Gasteiger partial charge on any atom is 0.132 e. The van der Waals surface area contributed by atoms with E-state index in [0.717, 1.165) is 56.0 Å². The Morgan fingerprint density at radius 2 is 1.05 bits per heavy atom. The monoisotopic (exact) mass is 538 g/mol. The van der Waals surface area contributed by atoms with Crippen molar-refractivity contribution in [1.29, 1.82) is 0 Å². The van der Waals surface area contributed by atoms with Crippen LogP contribution in [0, 0.1) is 13.8 Å². The van der Waals surface area contributed by atoms with Crippen molar-refractivity contribution in [3.63, 3.8) is 0 Å². The number of ether oxygens (including phenoxy) is 3. The number of benzene rings is 4. The van der Waals surface area contributed by atoms with Gasteiger partial charge in [-0.1, -0.05) is 48.5 Å². The molecule has 2 N–H and O–H groups in total. The van der Waals surface area contributed by atoms with E-state index in [4.69, 9.17) is 14.2 Å². The fourth-order valence-corrected chi connectivity index (χ4v) is 5.65. The largest absolute Gasteiger partial charge is 0.507 e. The Morgan fingerprint density at radius 1 is 0.650 bits per heavy atom. The van der Waals surface area contributed by atoms with E-state index < -0.39 is 5.41 Å². The van der Waals surface area contributed by atoms with Gasteiger partial charge in [0.2, 0.25) is 0 Å². The molecule has 4 aromatic carbocycles. The highest BCUT2D eigenvalue weighted by Gasteiger charge is 2.46. The van der Waals surface area contributed by atoms with Crippen LogP contribution in [-0.4, -0.2) is 22.4 Å². The van der Waals surface area contributed by atoms with E-state index in [1.165, 1.54) is 0 Å². The highest BCUT2D eigenvalue weighted by Crippen LogP contribution is 2.56. The number of phenols is 2. The fourth-order valence-electron chi connectivity index (χ4n) is 5.65. The first-order valence-electron chi connectivity index (χ1n) is 13.9. The van der Waals surface area contributed by atoms with Crippen LogP contribution in [0.4, 0.5) is 0 Å². The van der Waals surface area contributed by atoms with Crippen LogP contribution in [0.2, 0.25) is 0 Å². The van der Waals surface area contributed by atoms with Crippen molar-refractivity contribution >= 4 is 0 Å². The number of rotatable bonds is 8. The van der Waals surface area contributed by atoms with Crippen LogP contribution in [-0.2, 0) is 28.1 Å². The topological polar surface area (TPSA) is 68.2 Å². The molecule has 0 aliphatic carbocycles. The van der Waals surface area contributed by atoms with Gasteiger partial charge in [0.15, 0.2) is 0 Å². The molecular weight excluding hydrogens is 500 g/mol. The van der Waals surface area contributed by atoms with Crippen molar-refractivity contribution in [3.8, 4) is 23.0 Å². The van der Waals surface area contributed by atoms with Crippen molar-refractivity contribution in [3.05, 3.63) is 117 Å². The van der Waals surface area contributed by atoms with E-state index in [9.17, 15) is 10.2 Å².